The largest absolute Gasteiger partial charge is 0.496 e. The Morgan fingerprint density at radius 2 is 2.31 bits per heavy atom. The smallest absolute Gasteiger partial charge is 0.136 e. The highest BCUT2D eigenvalue weighted by Crippen LogP contribution is 2.32. The van der Waals surface area contributed by atoms with Crippen LogP contribution >= 0.6 is 11.3 Å². The molecule has 0 unspecified atom stereocenters. The van der Waals surface area contributed by atoms with Gasteiger partial charge in [-0.15, -0.1) is 11.3 Å². The maximum atomic E-state index is 13.7. The first kappa shape index (κ1) is 11.0. The predicted molar refractivity (Wildman–Crippen MR) is 60.0 cm³/mol. The molecule has 0 aliphatic heterocycles. The Morgan fingerprint density at radius 3 is 2.94 bits per heavy atom. The third-order valence-electron chi connectivity index (χ3n) is 2.14. The standard InChI is InChI=1S/C11H10FNO2S/c1-15-9-4-2-3-7(12)11(9)8-6-16-10(5-14)13-8/h2-4,6,14H,5H2,1H3. The normalized spacial score (nSPS) is 10.4. The topological polar surface area (TPSA) is 42.4 Å². The number of halogens is 1. The van der Waals surface area contributed by atoms with Gasteiger partial charge in [-0.1, -0.05) is 6.07 Å². The molecule has 3 nitrogen and oxygen atoms in total. The van der Waals surface area contributed by atoms with Crippen molar-refractivity contribution >= 4 is 11.3 Å². The van der Waals surface area contributed by atoms with Gasteiger partial charge in [0.25, 0.3) is 0 Å². The van der Waals surface area contributed by atoms with E-state index in [9.17, 15) is 4.39 Å². The highest BCUT2D eigenvalue weighted by atomic mass is 32.1. The lowest BCUT2D eigenvalue weighted by Crippen LogP contribution is -1.92. The maximum Gasteiger partial charge on any atom is 0.136 e. The molecule has 0 radical (unpaired) electrons. The quantitative estimate of drug-likeness (QED) is 0.894. The fraction of sp³-hybridized carbons (Fsp3) is 0.182. The van der Waals surface area contributed by atoms with E-state index in [1.54, 1.807) is 17.5 Å². The first-order valence-electron chi connectivity index (χ1n) is 4.64. The van der Waals surface area contributed by atoms with Crippen molar-refractivity contribution in [1.29, 1.82) is 0 Å². The van der Waals surface area contributed by atoms with E-state index in [-0.39, 0.29) is 12.4 Å². The Hall–Kier alpha value is -1.46. The van der Waals surface area contributed by atoms with Crippen molar-refractivity contribution < 1.29 is 14.2 Å². The van der Waals surface area contributed by atoms with Crippen LogP contribution in [0.15, 0.2) is 23.6 Å². The van der Waals surface area contributed by atoms with E-state index in [0.29, 0.717) is 22.0 Å². The third-order valence-corrected chi connectivity index (χ3v) is 2.97. The number of methoxy groups -OCH3 is 1. The van der Waals surface area contributed by atoms with Crippen LogP contribution < -0.4 is 4.74 Å². The molecular weight excluding hydrogens is 229 g/mol. The minimum Gasteiger partial charge on any atom is -0.496 e. The van der Waals surface area contributed by atoms with E-state index in [0.717, 1.165) is 0 Å². The average Bonchev–Trinajstić information content (AvgIpc) is 2.76. The first-order chi connectivity index (χ1) is 7.76. The Balaban J connectivity index is 2.53. The summed E-state index contributed by atoms with van der Waals surface area (Å²) in [6, 6.07) is 4.61. The fourth-order valence-electron chi connectivity index (χ4n) is 1.42. The number of ether oxygens (including phenoxy) is 1. The molecule has 0 aliphatic carbocycles. The van der Waals surface area contributed by atoms with E-state index in [1.807, 2.05) is 0 Å². The number of aliphatic hydroxyl groups excluding tert-OH is 1. The van der Waals surface area contributed by atoms with Gasteiger partial charge in [-0.25, -0.2) is 9.37 Å². The molecule has 84 valence electrons. The van der Waals surface area contributed by atoms with Crippen molar-refractivity contribution in [3.63, 3.8) is 0 Å². The Kier molecular flexibility index (Phi) is 3.17. The van der Waals surface area contributed by atoms with Crippen LogP contribution in [0.3, 0.4) is 0 Å². The van der Waals surface area contributed by atoms with Gasteiger partial charge in [0.05, 0.1) is 25.0 Å². The van der Waals surface area contributed by atoms with E-state index in [1.165, 1.54) is 24.5 Å². The molecule has 0 bridgehead atoms. The fourth-order valence-corrected chi connectivity index (χ4v) is 2.07. The summed E-state index contributed by atoms with van der Waals surface area (Å²) in [5.41, 5.74) is 0.824. The van der Waals surface area contributed by atoms with Crippen molar-refractivity contribution in [2.75, 3.05) is 7.11 Å². The van der Waals surface area contributed by atoms with E-state index < -0.39 is 0 Å². The van der Waals surface area contributed by atoms with Crippen LogP contribution in [0.25, 0.3) is 11.3 Å². The zero-order chi connectivity index (χ0) is 11.5. The summed E-state index contributed by atoms with van der Waals surface area (Å²) in [5, 5.41) is 11.2. The molecule has 1 N–H and O–H groups in total. The second-order valence-corrected chi connectivity index (χ2v) is 4.04. The van der Waals surface area contributed by atoms with Gasteiger partial charge in [-0.3, -0.25) is 0 Å². The molecule has 0 spiro atoms. The summed E-state index contributed by atoms with van der Waals surface area (Å²) in [5.74, 6) is 0.0592. The number of thiazole rings is 1. The van der Waals surface area contributed by atoms with Crippen molar-refractivity contribution in [3.05, 3.63) is 34.4 Å². The van der Waals surface area contributed by atoms with Crippen molar-refractivity contribution in [2.24, 2.45) is 0 Å². The van der Waals surface area contributed by atoms with Crippen LogP contribution in [0, 0.1) is 5.82 Å². The maximum absolute atomic E-state index is 13.7. The molecular formula is C11H10FNO2S. The van der Waals surface area contributed by atoms with E-state index in [4.69, 9.17) is 9.84 Å². The first-order valence-corrected chi connectivity index (χ1v) is 5.52. The molecule has 0 fully saturated rings. The number of aliphatic hydroxyl groups is 1. The molecule has 5 heteroatoms. The average molecular weight is 239 g/mol. The lowest BCUT2D eigenvalue weighted by molar-refractivity contribution is 0.281. The minimum atomic E-state index is -0.380. The molecule has 1 heterocycles. The minimum absolute atomic E-state index is 0.137. The summed E-state index contributed by atoms with van der Waals surface area (Å²) in [7, 11) is 1.48. The van der Waals surface area contributed by atoms with Crippen LogP contribution in [0.1, 0.15) is 5.01 Å². The van der Waals surface area contributed by atoms with Gasteiger partial charge in [0, 0.05) is 5.38 Å². The predicted octanol–water partition coefficient (Wildman–Crippen LogP) is 2.45. The van der Waals surface area contributed by atoms with Gasteiger partial charge in [0.2, 0.25) is 0 Å². The van der Waals surface area contributed by atoms with Crippen LogP contribution in [-0.4, -0.2) is 17.2 Å². The molecule has 0 atom stereocenters. The van der Waals surface area contributed by atoms with Crippen LogP contribution in [0.5, 0.6) is 5.75 Å². The zero-order valence-corrected chi connectivity index (χ0v) is 9.42. The molecule has 1 aromatic heterocycles. The lowest BCUT2D eigenvalue weighted by Gasteiger charge is -2.06. The van der Waals surface area contributed by atoms with Crippen LogP contribution in [-0.2, 0) is 6.61 Å². The molecule has 2 aromatic rings. The number of hydrogen-bond donors (Lipinski definition) is 1. The van der Waals surface area contributed by atoms with Gasteiger partial charge in [-0.2, -0.15) is 0 Å². The zero-order valence-electron chi connectivity index (χ0n) is 8.61. The summed E-state index contributed by atoms with van der Waals surface area (Å²) in [4.78, 5) is 4.12. The van der Waals surface area contributed by atoms with Gasteiger partial charge < -0.3 is 9.84 Å². The number of benzene rings is 1. The Bertz CT molecular complexity index is 498. The molecule has 16 heavy (non-hydrogen) atoms. The van der Waals surface area contributed by atoms with E-state index in [2.05, 4.69) is 4.98 Å². The van der Waals surface area contributed by atoms with Crippen LogP contribution in [0.4, 0.5) is 4.39 Å². The number of aromatic nitrogens is 1. The molecule has 0 saturated carbocycles. The molecule has 0 amide bonds. The summed E-state index contributed by atoms with van der Waals surface area (Å²) < 4.78 is 18.7. The number of rotatable bonds is 3. The summed E-state index contributed by atoms with van der Waals surface area (Å²) >= 11 is 1.29. The Labute approximate surface area is 96.2 Å². The third kappa shape index (κ3) is 1.91. The molecule has 0 aliphatic rings. The molecule has 2 rings (SSSR count). The summed E-state index contributed by atoms with van der Waals surface area (Å²) in [6.45, 7) is -0.137. The second kappa shape index (κ2) is 4.59. The highest BCUT2D eigenvalue weighted by molar-refractivity contribution is 7.09. The van der Waals surface area contributed by atoms with Gasteiger partial charge in [0.15, 0.2) is 0 Å². The second-order valence-electron chi connectivity index (χ2n) is 3.10. The number of nitrogens with zero attached hydrogens (tertiary/aromatic N) is 1. The van der Waals surface area contributed by atoms with Gasteiger partial charge in [-0.05, 0) is 12.1 Å². The van der Waals surface area contributed by atoms with Crippen molar-refractivity contribution in [2.45, 2.75) is 6.61 Å². The van der Waals surface area contributed by atoms with Crippen molar-refractivity contribution in [1.82, 2.24) is 4.98 Å². The van der Waals surface area contributed by atoms with E-state index >= 15 is 0 Å². The van der Waals surface area contributed by atoms with Crippen LogP contribution in [0.2, 0.25) is 0 Å². The summed E-state index contributed by atoms with van der Waals surface area (Å²) in [6.07, 6.45) is 0. The monoisotopic (exact) mass is 239 g/mol. The highest BCUT2D eigenvalue weighted by Gasteiger charge is 2.14. The van der Waals surface area contributed by atoms with Crippen molar-refractivity contribution in [3.8, 4) is 17.0 Å². The SMILES string of the molecule is COc1cccc(F)c1-c1csc(CO)n1. The van der Waals surface area contributed by atoms with Gasteiger partial charge >= 0.3 is 0 Å². The Morgan fingerprint density at radius 1 is 1.50 bits per heavy atom. The number of hydrogen-bond acceptors (Lipinski definition) is 4. The molecule has 0 saturated heterocycles. The van der Waals surface area contributed by atoms with Gasteiger partial charge in [0.1, 0.15) is 16.6 Å². The lowest BCUT2D eigenvalue weighted by atomic mass is 10.1. The molecule has 1 aromatic carbocycles.